The van der Waals surface area contributed by atoms with Crippen LogP contribution in [0.1, 0.15) is 34.3 Å². The third-order valence-corrected chi connectivity index (χ3v) is 5.58. The Hall–Kier alpha value is -3.65. The summed E-state index contributed by atoms with van der Waals surface area (Å²) in [5, 5.41) is 22.6. The smallest absolute Gasteiger partial charge is 0.416 e. The Morgan fingerprint density at radius 3 is 1.81 bits per heavy atom. The molecule has 2 atom stereocenters. The van der Waals surface area contributed by atoms with Crippen molar-refractivity contribution in [2.24, 2.45) is 0 Å². The average Bonchev–Trinajstić information content (AvgIpc) is 3.10. The van der Waals surface area contributed by atoms with E-state index in [0.29, 0.717) is 0 Å². The van der Waals surface area contributed by atoms with Crippen molar-refractivity contribution >= 4 is 11.9 Å². The highest BCUT2D eigenvalue weighted by Crippen LogP contribution is 2.46. The van der Waals surface area contributed by atoms with Crippen molar-refractivity contribution < 1.29 is 33.0 Å². The summed E-state index contributed by atoms with van der Waals surface area (Å²) in [4.78, 5) is 24.8. The molecule has 164 valence electrons. The lowest BCUT2D eigenvalue weighted by molar-refractivity contribution is -0.144. The number of carboxylic acids is 1. The van der Waals surface area contributed by atoms with Gasteiger partial charge >= 0.3 is 12.1 Å². The average molecular weight is 441 g/mol. The fraction of sp³-hybridized carbons (Fsp3) is 0.167. The Bertz CT molecular complexity index is 1130. The van der Waals surface area contributed by atoms with E-state index in [0.717, 1.165) is 46.5 Å². The maximum Gasteiger partial charge on any atom is 0.416 e. The van der Waals surface area contributed by atoms with Crippen LogP contribution in [-0.2, 0) is 15.8 Å². The molecule has 32 heavy (non-hydrogen) atoms. The first-order valence-electron chi connectivity index (χ1n) is 9.75. The van der Waals surface area contributed by atoms with E-state index in [1.165, 1.54) is 0 Å². The van der Waals surface area contributed by atoms with Crippen molar-refractivity contribution in [3.63, 3.8) is 0 Å². The normalized spacial score (nSPS) is 14.9. The Labute approximate surface area is 181 Å². The second-order valence-electron chi connectivity index (χ2n) is 7.50. The number of hydrogen-bond acceptors (Lipinski definition) is 3. The van der Waals surface area contributed by atoms with Crippen LogP contribution in [0.15, 0.2) is 72.8 Å². The number of amides is 1. The maximum atomic E-state index is 12.7. The van der Waals surface area contributed by atoms with Crippen molar-refractivity contribution in [3.8, 4) is 11.1 Å². The van der Waals surface area contributed by atoms with Gasteiger partial charge in [0.25, 0.3) is 5.91 Å². The SMILES string of the molecule is O=C(N[C@@H](C(=O)O)C1c2ccccc2-c2ccccc21)[C@H](O)c1ccc(C(F)(F)F)cc1. The summed E-state index contributed by atoms with van der Waals surface area (Å²) in [5.41, 5.74) is 2.17. The molecule has 3 aromatic rings. The third-order valence-electron chi connectivity index (χ3n) is 5.58. The Kier molecular flexibility index (Phi) is 5.48. The number of benzene rings is 3. The number of rotatable bonds is 5. The number of nitrogens with one attached hydrogen (secondary N) is 1. The van der Waals surface area contributed by atoms with Crippen molar-refractivity contribution in [2.75, 3.05) is 0 Å². The minimum absolute atomic E-state index is 0.0770. The van der Waals surface area contributed by atoms with Crippen molar-refractivity contribution in [2.45, 2.75) is 24.2 Å². The van der Waals surface area contributed by atoms with Gasteiger partial charge in [-0.05, 0) is 39.9 Å². The molecule has 0 spiro atoms. The summed E-state index contributed by atoms with van der Waals surface area (Å²) in [7, 11) is 0. The Morgan fingerprint density at radius 2 is 1.34 bits per heavy atom. The number of carbonyl (C=O) groups is 2. The van der Waals surface area contributed by atoms with E-state index in [9.17, 15) is 33.0 Å². The second-order valence-corrected chi connectivity index (χ2v) is 7.50. The van der Waals surface area contributed by atoms with E-state index >= 15 is 0 Å². The van der Waals surface area contributed by atoms with Crippen LogP contribution < -0.4 is 5.32 Å². The van der Waals surface area contributed by atoms with Gasteiger partial charge in [-0.3, -0.25) is 4.79 Å². The monoisotopic (exact) mass is 441 g/mol. The molecule has 3 aromatic carbocycles. The quantitative estimate of drug-likeness (QED) is 0.556. The van der Waals surface area contributed by atoms with Gasteiger partial charge in [0.05, 0.1) is 5.56 Å². The van der Waals surface area contributed by atoms with Gasteiger partial charge < -0.3 is 15.5 Å². The lowest BCUT2D eigenvalue weighted by Crippen LogP contribution is -2.46. The first kappa shape index (κ1) is 21.6. The molecule has 4 rings (SSSR count). The zero-order valence-corrected chi connectivity index (χ0v) is 16.5. The van der Waals surface area contributed by atoms with Crippen LogP contribution in [0.25, 0.3) is 11.1 Å². The number of aliphatic hydroxyl groups is 1. The van der Waals surface area contributed by atoms with E-state index in [-0.39, 0.29) is 5.56 Å². The van der Waals surface area contributed by atoms with Gasteiger partial charge in [0.15, 0.2) is 6.10 Å². The standard InChI is InChI=1S/C24H18F3NO4/c25-24(26,27)14-11-9-13(10-12-14)21(29)22(30)28-20(23(31)32)19-17-7-3-1-5-15(17)16-6-2-4-8-18(16)19/h1-12,19-21,29H,(H,28,30)(H,31,32)/t20-,21-/m1/s1. The minimum Gasteiger partial charge on any atom is -0.480 e. The van der Waals surface area contributed by atoms with Gasteiger partial charge in [0.1, 0.15) is 6.04 Å². The summed E-state index contributed by atoms with van der Waals surface area (Å²) in [6, 6.07) is 16.6. The predicted molar refractivity (Wildman–Crippen MR) is 110 cm³/mol. The molecule has 0 aliphatic heterocycles. The lowest BCUT2D eigenvalue weighted by Gasteiger charge is -2.24. The molecule has 0 bridgehead atoms. The predicted octanol–water partition coefficient (Wildman–Crippen LogP) is 4.12. The molecule has 0 heterocycles. The lowest BCUT2D eigenvalue weighted by atomic mass is 9.89. The van der Waals surface area contributed by atoms with Crippen LogP contribution in [0, 0.1) is 0 Å². The first-order valence-corrected chi connectivity index (χ1v) is 9.75. The molecule has 3 N–H and O–H groups in total. The summed E-state index contributed by atoms with van der Waals surface area (Å²) in [6.07, 6.45) is -6.38. The molecular formula is C24H18F3NO4. The summed E-state index contributed by atoms with van der Waals surface area (Å²) in [6.45, 7) is 0. The first-order chi connectivity index (χ1) is 15.2. The molecule has 1 aliphatic carbocycles. The fourth-order valence-electron chi connectivity index (χ4n) is 4.08. The van der Waals surface area contributed by atoms with Gasteiger partial charge in [0, 0.05) is 5.92 Å². The van der Waals surface area contributed by atoms with Crippen LogP contribution in [0.3, 0.4) is 0 Å². The zero-order chi connectivity index (χ0) is 23.0. The number of halogens is 3. The van der Waals surface area contributed by atoms with Crippen LogP contribution in [0.2, 0.25) is 0 Å². The number of carboxylic acid groups (broad SMARTS) is 1. The molecule has 0 radical (unpaired) electrons. The number of carbonyl (C=O) groups excluding carboxylic acids is 1. The largest absolute Gasteiger partial charge is 0.480 e. The fourth-order valence-corrected chi connectivity index (χ4v) is 4.08. The molecule has 5 nitrogen and oxygen atoms in total. The highest BCUT2D eigenvalue weighted by Gasteiger charge is 2.39. The maximum absolute atomic E-state index is 12.7. The molecule has 1 amide bonds. The molecular weight excluding hydrogens is 423 g/mol. The minimum atomic E-state index is -4.55. The van der Waals surface area contributed by atoms with E-state index < -0.39 is 41.7 Å². The molecule has 0 unspecified atom stereocenters. The Balaban J connectivity index is 1.62. The van der Waals surface area contributed by atoms with E-state index in [1.54, 1.807) is 24.3 Å². The molecule has 0 fully saturated rings. The van der Waals surface area contributed by atoms with Gasteiger partial charge in [0.2, 0.25) is 0 Å². The summed E-state index contributed by atoms with van der Waals surface area (Å²) in [5.74, 6) is -3.00. The van der Waals surface area contributed by atoms with E-state index in [1.807, 2.05) is 24.3 Å². The number of aliphatic hydroxyl groups excluding tert-OH is 1. The van der Waals surface area contributed by atoms with Gasteiger partial charge in [-0.1, -0.05) is 60.7 Å². The third kappa shape index (κ3) is 3.85. The van der Waals surface area contributed by atoms with Crippen molar-refractivity contribution in [1.82, 2.24) is 5.32 Å². The van der Waals surface area contributed by atoms with Crippen LogP contribution in [0.4, 0.5) is 13.2 Å². The summed E-state index contributed by atoms with van der Waals surface area (Å²) < 4.78 is 38.2. The molecule has 1 aliphatic rings. The Morgan fingerprint density at radius 1 is 0.844 bits per heavy atom. The highest BCUT2D eigenvalue weighted by atomic mass is 19.4. The summed E-state index contributed by atoms with van der Waals surface area (Å²) >= 11 is 0. The van der Waals surface area contributed by atoms with Crippen molar-refractivity contribution in [3.05, 3.63) is 95.1 Å². The number of alkyl halides is 3. The van der Waals surface area contributed by atoms with E-state index in [2.05, 4.69) is 5.32 Å². The van der Waals surface area contributed by atoms with E-state index in [4.69, 9.17) is 0 Å². The molecule has 0 saturated carbocycles. The van der Waals surface area contributed by atoms with Crippen molar-refractivity contribution in [1.29, 1.82) is 0 Å². The molecule has 8 heteroatoms. The van der Waals surface area contributed by atoms with Gasteiger partial charge in [-0.15, -0.1) is 0 Å². The topological polar surface area (TPSA) is 86.6 Å². The zero-order valence-electron chi connectivity index (χ0n) is 16.5. The highest BCUT2D eigenvalue weighted by molar-refractivity contribution is 5.90. The van der Waals surface area contributed by atoms with Crippen LogP contribution >= 0.6 is 0 Å². The number of aliphatic carboxylic acids is 1. The number of fused-ring (bicyclic) bond motifs is 3. The van der Waals surface area contributed by atoms with Crippen LogP contribution in [-0.4, -0.2) is 28.1 Å². The molecule has 0 aromatic heterocycles. The van der Waals surface area contributed by atoms with Gasteiger partial charge in [-0.2, -0.15) is 13.2 Å². The van der Waals surface area contributed by atoms with Gasteiger partial charge in [-0.25, -0.2) is 4.79 Å². The second kappa shape index (κ2) is 8.12. The number of hydrogen-bond donors (Lipinski definition) is 3. The molecule has 0 saturated heterocycles. The van der Waals surface area contributed by atoms with Crippen LogP contribution in [0.5, 0.6) is 0 Å².